The van der Waals surface area contributed by atoms with Gasteiger partial charge in [0.05, 0.1) is 9.88 Å². The molecule has 0 fully saturated rings. The fraction of sp³-hybridized carbons (Fsp3) is 0.182. The maximum Gasteiger partial charge on any atom is 0.222 e. The first-order valence-corrected chi connectivity index (χ1v) is 6.34. The van der Waals surface area contributed by atoms with Crippen LogP contribution in [0.2, 0.25) is 0 Å². The Bertz CT molecular complexity index is 554. The number of nitrogens with zero attached hydrogens (tertiary/aromatic N) is 1. The van der Waals surface area contributed by atoms with E-state index in [4.69, 9.17) is 0 Å². The molecule has 0 bridgehead atoms. The zero-order chi connectivity index (χ0) is 11.7. The molecule has 0 N–H and O–H groups in total. The number of rotatable bonds is 3. The third kappa shape index (κ3) is 1.96. The number of carbonyl (C=O) groups excluding carboxylic acids is 2. The third-order valence-corrected chi connectivity index (χ3v) is 4.00. The summed E-state index contributed by atoms with van der Waals surface area (Å²) in [6, 6.07) is 1.63. The number of aldehydes is 1. The van der Waals surface area contributed by atoms with Crippen LogP contribution in [0.15, 0.2) is 11.4 Å². The summed E-state index contributed by atoms with van der Waals surface area (Å²) in [6.07, 6.45) is 0.773. The highest BCUT2D eigenvalue weighted by Gasteiger charge is 2.16. The van der Waals surface area contributed by atoms with E-state index in [0.29, 0.717) is 16.1 Å². The number of hydrogen-bond donors (Lipinski definition) is 0. The average Bonchev–Trinajstić information content (AvgIpc) is 2.83. The largest absolute Gasteiger partial charge is 0.298 e. The zero-order valence-corrected chi connectivity index (χ0v) is 10.4. The van der Waals surface area contributed by atoms with Gasteiger partial charge >= 0.3 is 0 Å². The van der Waals surface area contributed by atoms with E-state index in [1.165, 1.54) is 22.7 Å². The molecule has 82 valence electrons. The van der Waals surface area contributed by atoms with Crippen LogP contribution in [0.1, 0.15) is 35.6 Å². The number of ketones is 1. The summed E-state index contributed by atoms with van der Waals surface area (Å²) in [5.74, 6) is -0.106. The number of carbonyl (C=O) groups is 2. The molecule has 0 aromatic carbocycles. The van der Waals surface area contributed by atoms with E-state index in [1.807, 2.05) is 13.8 Å². The minimum absolute atomic E-state index is 0.106. The Morgan fingerprint density at radius 3 is 2.69 bits per heavy atom. The topological polar surface area (TPSA) is 47.0 Å². The smallest absolute Gasteiger partial charge is 0.222 e. The first-order chi connectivity index (χ1) is 7.61. The van der Waals surface area contributed by atoms with Crippen molar-refractivity contribution in [1.29, 1.82) is 0 Å². The van der Waals surface area contributed by atoms with Crippen LogP contribution in [0.25, 0.3) is 0 Å². The molecule has 0 aliphatic carbocycles. The van der Waals surface area contributed by atoms with Gasteiger partial charge in [-0.3, -0.25) is 9.59 Å². The van der Waals surface area contributed by atoms with Crippen molar-refractivity contribution in [2.75, 3.05) is 0 Å². The zero-order valence-electron chi connectivity index (χ0n) is 8.81. The van der Waals surface area contributed by atoms with Crippen LogP contribution in [-0.2, 0) is 0 Å². The highest BCUT2D eigenvalue weighted by atomic mass is 32.1. The lowest BCUT2D eigenvalue weighted by molar-refractivity contribution is 0.103. The highest BCUT2D eigenvalue weighted by Crippen LogP contribution is 2.23. The second-order valence-electron chi connectivity index (χ2n) is 3.32. The van der Waals surface area contributed by atoms with Crippen molar-refractivity contribution in [3.8, 4) is 0 Å². The molecular formula is C11H9NO2S2. The Labute approximate surface area is 101 Å². The highest BCUT2D eigenvalue weighted by molar-refractivity contribution is 7.14. The molecule has 3 nitrogen and oxygen atoms in total. The lowest BCUT2D eigenvalue weighted by atomic mass is 10.2. The molecule has 2 aromatic heterocycles. The maximum atomic E-state index is 12.0. The Morgan fingerprint density at radius 1 is 1.44 bits per heavy atom. The van der Waals surface area contributed by atoms with E-state index in [0.717, 1.165) is 16.2 Å². The van der Waals surface area contributed by atoms with Crippen LogP contribution in [-0.4, -0.2) is 17.1 Å². The SMILES string of the molecule is Cc1nc(C(=O)c2cc(C=O)c(C)s2)cs1. The quantitative estimate of drug-likeness (QED) is 0.622. The van der Waals surface area contributed by atoms with Gasteiger partial charge in [-0.15, -0.1) is 22.7 Å². The van der Waals surface area contributed by atoms with E-state index in [-0.39, 0.29) is 5.78 Å². The molecule has 0 saturated carbocycles. The average molecular weight is 251 g/mol. The van der Waals surface area contributed by atoms with E-state index in [9.17, 15) is 9.59 Å². The fourth-order valence-electron chi connectivity index (χ4n) is 1.32. The molecule has 16 heavy (non-hydrogen) atoms. The van der Waals surface area contributed by atoms with Gasteiger partial charge in [-0.05, 0) is 19.9 Å². The summed E-state index contributed by atoms with van der Waals surface area (Å²) >= 11 is 2.78. The van der Waals surface area contributed by atoms with Crippen LogP contribution < -0.4 is 0 Å². The second kappa shape index (κ2) is 4.27. The van der Waals surface area contributed by atoms with Crippen molar-refractivity contribution in [2.45, 2.75) is 13.8 Å². The van der Waals surface area contributed by atoms with Crippen molar-refractivity contribution in [3.05, 3.63) is 37.5 Å². The van der Waals surface area contributed by atoms with Gasteiger partial charge in [0.25, 0.3) is 0 Å². The summed E-state index contributed by atoms with van der Waals surface area (Å²) in [7, 11) is 0. The summed E-state index contributed by atoms with van der Waals surface area (Å²) in [5, 5.41) is 2.61. The molecule has 2 heterocycles. The van der Waals surface area contributed by atoms with Crippen LogP contribution in [0.4, 0.5) is 0 Å². The molecule has 0 aliphatic rings. The van der Waals surface area contributed by atoms with Gasteiger partial charge in [0.1, 0.15) is 5.69 Å². The molecule has 0 spiro atoms. The van der Waals surface area contributed by atoms with Crippen molar-refractivity contribution in [3.63, 3.8) is 0 Å². The molecule has 2 aromatic rings. The molecule has 0 radical (unpaired) electrons. The molecule has 0 atom stereocenters. The summed E-state index contributed by atoms with van der Waals surface area (Å²) in [5.41, 5.74) is 1.04. The molecular weight excluding hydrogens is 242 g/mol. The first kappa shape index (κ1) is 11.2. The first-order valence-electron chi connectivity index (χ1n) is 4.64. The standard InChI is InChI=1S/C11H9NO2S2/c1-6-8(4-13)3-10(16-6)11(14)9-5-15-7(2)12-9/h3-5H,1-2H3. The molecule has 0 amide bonds. The van der Waals surface area contributed by atoms with Crippen molar-refractivity contribution in [1.82, 2.24) is 4.98 Å². The fourth-order valence-corrected chi connectivity index (χ4v) is 2.85. The van der Waals surface area contributed by atoms with E-state index < -0.39 is 0 Å². The third-order valence-electron chi connectivity index (χ3n) is 2.16. The number of hydrogen-bond acceptors (Lipinski definition) is 5. The van der Waals surface area contributed by atoms with Gasteiger partial charge in [-0.25, -0.2) is 4.98 Å². The maximum absolute atomic E-state index is 12.0. The number of aryl methyl sites for hydroxylation is 2. The Hall–Kier alpha value is -1.33. The van der Waals surface area contributed by atoms with Gasteiger partial charge in [0.2, 0.25) is 5.78 Å². The Balaban J connectivity index is 2.37. The van der Waals surface area contributed by atoms with E-state index in [2.05, 4.69) is 4.98 Å². The number of thiophene rings is 1. The van der Waals surface area contributed by atoms with Crippen molar-refractivity contribution in [2.24, 2.45) is 0 Å². The predicted octanol–water partition coefficient (Wildman–Crippen LogP) is 2.86. The minimum atomic E-state index is -0.106. The molecule has 0 unspecified atom stereocenters. The van der Waals surface area contributed by atoms with Gasteiger partial charge in [-0.2, -0.15) is 0 Å². The summed E-state index contributed by atoms with van der Waals surface area (Å²) in [6.45, 7) is 3.69. The van der Waals surface area contributed by atoms with Crippen LogP contribution in [0, 0.1) is 13.8 Å². The molecule has 0 aliphatic heterocycles. The monoisotopic (exact) mass is 251 g/mol. The molecule has 0 saturated heterocycles. The van der Waals surface area contributed by atoms with Crippen molar-refractivity contribution < 1.29 is 9.59 Å². The lowest BCUT2D eigenvalue weighted by Crippen LogP contribution is -1.98. The van der Waals surface area contributed by atoms with Gasteiger partial charge in [0.15, 0.2) is 6.29 Å². The lowest BCUT2D eigenvalue weighted by Gasteiger charge is -1.90. The van der Waals surface area contributed by atoms with Gasteiger partial charge in [0, 0.05) is 15.8 Å². The summed E-state index contributed by atoms with van der Waals surface area (Å²) in [4.78, 5) is 28.2. The predicted molar refractivity (Wildman–Crippen MR) is 64.7 cm³/mol. The normalized spacial score (nSPS) is 10.4. The number of thiazole rings is 1. The molecule has 5 heteroatoms. The summed E-state index contributed by atoms with van der Waals surface area (Å²) < 4.78 is 0. The van der Waals surface area contributed by atoms with Crippen LogP contribution in [0.5, 0.6) is 0 Å². The van der Waals surface area contributed by atoms with Crippen LogP contribution >= 0.6 is 22.7 Å². The van der Waals surface area contributed by atoms with Crippen LogP contribution in [0.3, 0.4) is 0 Å². The van der Waals surface area contributed by atoms with Gasteiger partial charge in [-0.1, -0.05) is 0 Å². The Kier molecular flexibility index (Phi) is 2.98. The molecule has 2 rings (SSSR count). The van der Waals surface area contributed by atoms with E-state index in [1.54, 1.807) is 11.4 Å². The minimum Gasteiger partial charge on any atom is -0.298 e. The van der Waals surface area contributed by atoms with Crippen molar-refractivity contribution >= 4 is 34.7 Å². The Morgan fingerprint density at radius 2 is 2.19 bits per heavy atom. The number of aromatic nitrogens is 1. The van der Waals surface area contributed by atoms with Gasteiger partial charge < -0.3 is 0 Å². The van der Waals surface area contributed by atoms with E-state index >= 15 is 0 Å². The second-order valence-corrected chi connectivity index (χ2v) is 5.64.